The molecule has 1 heterocycles. The van der Waals surface area contributed by atoms with Crippen molar-refractivity contribution in [3.8, 4) is 0 Å². The van der Waals surface area contributed by atoms with E-state index < -0.39 is 0 Å². The highest BCUT2D eigenvalue weighted by Crippen LogP contribution is 3.04. The van der Waals surface area contributed by atoms with Crippen molar-refractivity contribution in [2.24, 2.45) is 40.9 Å². The second kappa shape index (κ2) is 1.85. The number of rotatable bonds is 1. The van der Waals surface area contributed by atoms with E-state index >= 15 is 0 Å². The van der Waals surface area contributed by atoms with Crippen LogP contribution in [0, 0.1) is 40.9 Å². The largest absolute Gasteiger partial charge is 0.396 e. The summed E-state index contributed by atoms with van der Waals surface area (Å²) in [5, 5.41) is 9.74. The second-order valence-electron chi connectivity index (χ2n) is 6.56. The third kappa shape index (κ3) is 0.428. The van der Waals surface area contributed by atoms with Crippen LogP contribution in [0.15, 0.2) is 0 Å². The summed E-state index contributed by atoms with van der Waals surface area (Å²) in [6.45, 7) is 1.89. The van der Waals surface area contributed by atoms with Crippen LogP contribution in [-0.4, -0.2) is 35.0 Å². The lowest BCUT2D eigenvalue weighted by molar-refractivity contribution is -0.193. The lowest BCUT2D eigenvalue weighted by Crippen LogP contribution is -2.50. The number of alkyl halides is 1. The van der Waals surface area contributed by atoms with Gasteiger partial charge in [-0.1, -0.05) is 15.9 Å². The summed E-state index contributed by atoms with van der Waals surface area (Å²) in [4.78, 5) is 0. The molecule has 4 heteroatoms. The fraction of sp³-hybridized carbons (Fsp3) is 1.00. The van der Waals surface area contributed by atoms with E-state index in [1.165, 1.54) is 0 Å². The molecule has 1 N–H and O–H groups in total. The van der Waals surface area contributed by atoms with Crippen LogP contribution >= 0.6 is 15.9 Å². The van der Waals surface area contributed by atoms with Crippen molar-refractivity contribution >= 4 is 15.9 Å². The van der Waals surface area contributed by atoms with Crippen molar-refractivity contribution in [3.05, 3.63) is 0 Å². The first-order chi connectivity index (χ1) is 7.75. The zero-order valence-corrected chi connectivity index (χ0v) is 10.3. The quantitative estimate of drug-likeness (QED) is 0.717. The third-order valence-corrected chi connectivity index (χ3v) is 8.42. The maximum absolute atomic E-state index is 9.74. The predicted molar refractivity (Wildman–Crippen MR) is 56.8 cm³/mol. The fourth-order valence-corrected chi connectivity index (χ4v) is 8.71. The average molecular weight is 285 g/mol. The predicted octanol–water partition coefficient (Wildman–Crippen LogP) is 0.607. The number of ether oxygens (including phenoxy) is 2. The molecular weight excluding hydrogens is 272 g/mol. The zero-order chi connectivity index (χ0) is 10.5. The first kappa shape index (κ1) is 8.46. The Morgan fingerprint density at radius 2 is 1.88 bits per heavy atom. The molecule has 1 spiro atoms. The van der Waals surface area contributed by atoms with Crippen LogP contribution in [0.4, 0.5) is 0 Å². The highest BCUT2D eigenvalue weighted by molar-refractivity contribution is 9.10. The van der Waals surface area contributed by atoms with E-state index in [2.05, 4.69) is 15.9 Å². The Labute approximate surface area is 102 Å². The van der Waals surface area contributed by atoms with E-state index in [0.717, 1.165) is 31.0 Å². The van der Waals surface area contributed by atoms with Crippen LogP contribution in [0.2, 0.25) is 0 Å². The Bertz CT molecular complexity index is 448. The van der Waals surface area contributed by atoms with E-state index in [0.29, 0.717) is 24.4 Å². The van der Waals surface area contributed by atoms with Crippen LogP contribution in [0.3, 0.4) is 0 Å². The molecule has 8 atom stereocenters. The Balaban J connectivity index is 1.63. The number of halogens is 1. The highest BCUT2D eigenvalue weighted by Gasteiger charge is 3.08. The Hall–Kier alpha value is 0.360. The Morgan fingerprint density at radius 3 is 2.31 bits per heavy atom. The Morgan fingerprint density at radius 1 is 1.12 bits per heavy atom. The molecule has 0 radical (unpaired) electrons. The minimum Gasteiger partial charge on any atom is -0.396 e. The minimum atomic E-state index is -0.302. The smallest absolute Gasteiger partial charge is 0.187 e. The Kier molecular flexibility index (Phi) is 0.979. The van der Waals surface area contributed by atoms with Gasteiger partial charge in [0.15, 0.2) is 5.79 Å². The van der Waals surface area contributed by atoms with Gasteiger partial charge >= 0.3 is 0 Å². The molecule has 6 saturated carbocycles. The maximum Gasteiger partial charge on any atom is 0.187 e. The molecule has 0 aromatic rings. The maximum atomic E-state index is 9.74. The van der Waals surface area contributed by atoms with Gasteiger partial charge in [0.1, 0.15) is 0 Å². The first-order valence-electron chi connectivity index (χ1n) is 6.33. The van der Waals surface area contributed by atoms with Gasteiger partial charge in [-0.25, -0.2) is 0 Å². The molecular formula is C12H13BrO3. The molecule has 7 aliphatic rings. The van der Waals surface area contributed by atoms with E-state index in [4.69, 9.17) is 9.47 Å². The van der Waals surface area contributed by atoms with Crippen molar-refractivity contribution in [1.82, 2.24) is 0 Å². The topological polar surface area (TPSA) is 38.7 Å². The van der Waals surface area contributed by atoms with Gasteiger partial charge in [-0.15, -0.1) is 0 Å². The highest BCUT2D eigenvalue weighted by atomic mass is 79.9. The molecule has 0 amide bonds. The van der Waals surface area contributed by atoms with Gasteiger partial charge in [0, 0.05) is 17.9 Å². The fourth-order valence-electron chi connectivity index (χ4n) is 6.92. The van der Waals surface area contributed by atoms with Crippen molar-refractivity contribution in [1.29, 1.82) is 0 Å². The second-order valence-corrected chi connectivity index (χ2v) is 7.87. The van der Waals surface area contributed by atoms with Crippen molar-refractivity contribution in [2.75, 3.05) is 19.8 Å². The molecule has 16 heavy (non-hydrogen) atoms. The van der Waals surface area contributed by atoms with Crippen LogP contribution in [0.1, 0.15) is 0 Å². The first-order valence-corrected chi connectivity index (χ1v) is 7.12. The summed E-state index contributed by atoms with van der Waals surface area (Å²) in [7, 11) is 0. The lowest BCUT2D eigenvalue weighted by Gasteiger charge is -2.37. The number of hydrogen-bond donors (Lipinski definition) is 1. The molecule has 3 nitrogen and oxygen atoms in total. The molecule has 7 fully saturated rings. The summed E-state index contributed by atoms with van der Waals surface area (Å²) in [6.07, 6.45) is 0. The van der Waals surface area contributed by atoms with E-state index in [1.807, 2.05) is 0 Å². The molecule has 6 aliphatic carbocycles. The SMILES string of the molecule is OC[C@@]12[C@@H]3[C@H]4[C@@H]5[C@@H]1[C@H]2[C@@](Br)([C@H]43)C51OCCO1. The van der Waals surface area contributed by atoms with Gasteiger partial charge in [-0.2, -0.15) is 0 Å². The standard InChI is InChI=1S/C12H13BrO3/c13-11-6-4-5(6)10(3-14)8(9(10)11)7(4)12(11)15-1-2-16-12/h4-9,14H,1-3H2/t4-,5-,6-,7-,8-,9-,10-,11+/m1/s1. The molecule has 1 saturated heterocycles. The van der Waals surface area contributed by atoms with Gasteiger partial charge < -0.3 is 14.6 Å². The van der Waals surface area contributed by atoms with Crippen LogP contribution in [-0.2, 0) is 9.47 Å². The van der Waals surface area contributed by atoms with Gasteiger partial charge in [-0.3, -0.25) is 0 Å². The number of aliphatic hydroxyl groups excluding tert-OH is 1. The molecule has 2 bridgehead atoms. The lowest BCUT2D eigenvalue weighted by atomic mass is 9.94. The average Bonchev–Trinajstić information content (AvgIpc) is 2.97. The van der Waals surface area contributed by atoms with Gasteiger partial charge in [0.25, 0.3) is 0 Å². The van der Waals surface area contributed by atoms with E-state index in [1.54, 1.807) is 0 Å². The van der Waals surface area contributed by atoms with Crippen molar-refractivity contribution in [2.45, 2.75) is 10.1 Å². The summed E-state index contributed by atoms with van der Waals surface area (Å²) < 4.78 is 12.1. The van der Waals surface area contributed by atoms with Gasteiger partial charge in [-0.05, 0) is 29.6 Å². The molecule has 0 unspecified atom stereocenters. The summed E-state index contributed by atoms with van der Waals surface area (Å²) >= 11 is 4.02. The van der Waals surface area contributed by atoms with Crippen LogP contribution in [0.5, 0.6) is 0 Å². The molecule has 86 valence electrons. The molecule has 1 aliphatic heterocycles. The third-order valence-electron chi connectivity index (χ3n) is 6.85. The van der Waals surface area contributed by atoms with Crippen LogP contribution < -0.4 is 0 Å². The van der Waals surface area contributed by atoms with Crippen molar-refractivity contribution in [3.63, 3.8) is 0 Å². The van der Waals surface area contributed by atoms with E-state index in [-0.39, 0.29) is 15.5 Å². The van der Waals surface area contributed by atoms with Crippen molar-refractivity contribution < 1.29 is 14.6 Å². The van der Waals surface area contributed by atoms with Crippen LogP contribution in [0.25, 0.3) is 0 Å². The summed E-state index contributed by atoms with van der Waals surface area (Å²) in [5.74, 6) is 3.92. The molecule has 7 rings (SSSR count). The molecule has 0 aromatic heterocycles. The van der Waals surface area contributed by atoms with Gasteiger partial charge in [0.05, 0.1) is 17.5 Å². The number of hydrogen-bond acceptors (Lipinski definition) is 3. The summed E-state index contributed by atoms with van der Waals surface area (Å²) in [5.41, 5.74) is 0.282. The molecule has 0 aromatic carbocycles. The summed E-state index contributed by atoms with van der Waals surface area (Å²) in [6, 6.07) is 0. The monoisotopic (exact) mass is 284 g/mol. The zero-order valence-electron chi connectivity index (χ0n) is 8.73. The number of aliphatic hydroxyl groups is 1. The van der Waals surface area contributed by atoms with E-state index in [9.17, 15) is 5.11 Å². The normalized spacial score (nSPS) is 77.6. The minimum absolute atomic E-state index is 0.0594. The van der Waals surface area contributed by atoms with Gasteiger partial charge in [0.2, 0.25) is 0 Å².